The van der Waals surface area contributed by atoms with E-state index in [2.05, 4.69) is 20.3 Å². The van der Waals surface area contributed by atoms with Gasteiger partial charge in [-0.05, 0) is 30.3 Å². The average Bonchev–Trinajstić information content (AvgIpc) is 2.84. The van der Waals surface area contributed by atoms with Crippen molar-refractivity contribution in [1.29, 1.82) is 0 Å². The molecule has 3 N–H and O–H groups in total. The maximum absolute atomic E-state index is 12.9. The van der Waals surface area contributed by atoms with Crippen LogP contribution in [0.5, 0.6) is 0 Å². The second-order valence-electron chi connectivity index (χ2n) is 6.88. The largest absolute Gasteiger partial charge is 0.454 e. The summed E-state index contributed by atoms with van der Waals surface area (Å²) in [7, 11) is 0. The minimum absolute atomic E-state index is 0.0350. The zero-order valence-electron chi connectivity index (χ0n) is 17.2. The molecular weight excluding hydrogens is 442 g/mol. The Kier molecular flexibility index (Phi) is 6.56. The van der Waals surface area contributed by atoms with Gasteiger partial charge < -0.3 is 15.8 Å². The van der Waals surface area contributed by atoms with Crippen molar-refractivity contribution in [3.8, 4) is 0 Å². The number of anilines is 3. The quantitative estimate of drug-likeness (QED) is 0.307. The van der Waals surface area contributed by atoms with Gasteiger partial charge in [-0.2, -0.15) is 15.0 Å². The molecule has 4 rings (SSSR count). The standard InChI is InChI=1S/C24H18ClN5O3/c25-16-10-12-17(13-11-16)27-24-29-20(28-23(26)30-24)14-33-22(32)19-9-5-4-8-18(19)21(31)15-6-2-1-3-7-15/h1-13H,14H2,(H3,26,27,28,29,30). The molecule has 1 aromatic heterocycles. The number of ketones is 1. The van der Waals surface area contributed by atoms with Crippen LogP contribution in [-0.2, 0) is 11.3 Å². The van der Waals surface area contributed by atoms with Crippen molar-refractivity contribution in [1.82, 2.24) is 15.0 Å². The first kappa shape index (κ1) is 21.9. The predicted molar refractivity (Wildman–Crippen MR) is 124 cm³/mol. The molecule has 3 aromatic carbocycles. The molecule has 0 spiro atoms. The van der Waals surface area contributed by atoms with Crippen LogP contribution < -0.4 is 11.1 Å². The van der Waals surface area contributed by atoms with Gasteiger partial charge in [0, 0.05) is 21.8 Å². The number of nitrogen functional groups attached to an aromatic ring is 1. The Hall–Kier alpha value is -4.30. The molecule has 0 aliphatic heterocycles. The van der Waals surface area contributed by atoms with Crippen LogP contribution >= 0.6 is 11.6 Å². The molecule has 33 heavy (non-hydrogen) atoms. The van der Waals surface area contributed by atoms with E-state index in [1.165, 1.54) is 6.07 Å². The molecule has 9 heteroatoms. The monoisotopic (exact) mass is 459 g/mol. The highest BCUT2D eigenvalue weighted by Crippen LogP contribution is 2.18. The van der Waals surface area contributed by atoms with Crippen LogP contribution in [0.25, 0.3) is 0 Å². The van der Waals surface area contributed by atoms with Gasteiger partial charge in [0.15, 0.2) is 18.2 Å². The second-order valence-corrected chi connectivity index (χ2v) is 7.32. The van der Waals surface area contributed by atoms with Crippen molar-refractivity contribution >= 4 is 40.9 Å². The molecule has 1 heterocycles. The van der Waals surface area contributed by atoms with E-state index in [4.69, 9.17) is 22.1 Å². The highest BCUT2D eigenvalue weighted by molar-refractivity contribution is 6.30. The number of aromatic nitrogens is 3. The Balaban J connectivity index is 1.49. The van der Waals surface area contributed by atoms with Crippen LogP contribution in [0.1, 0.15) is 32.1 Å². The highest BCUT2D eigenvalue weighted by Gasteiger charge is 2.19. The third kappa shape index (κ3) is 5.50. The fourth-order valence-corrected chi connectivity index (χ4v) is 3.16. The molecule has 0 unspecified atom stereocenters. The van der Waals surface area contributed by atoms with Crippen molar-refractivity contribution in [2.45, 2.75) is 6.61 Å². The van der Waals surface area contributed by atoms with E-state index in [0.29, 0.717) is 16.3 Å². The van der Waals surface area contributed by atoms with Gasteiger partial charge in [-0.25, -0.2) is 4.79 Å². The normalized spacial score (nSPS) is 10.5. The summed E-state index contributed by atoms with van der Waals surface area (Å²) in [5, 5.41) is 3.58. The number of ether oxygens (including phenoxy) is 1. The number of esters is 1. The summed E-state index contributed by atoms with van der Waals surface area (Å²) in [5.74, 6) is -0.648. The molecule has 0 bridgehead atoms. The number of hydrogen-bond donors (Lipinski definition) is 2. The molecule has 0 amide bonds. The Bertz CT molecular complexity index is 1300. The van der Waals surface area contributed by atoms with Gasteiger partial charge in [0.2, 0.25) is 11.9 Å². The van der Waals surface area contributed by atoms with E-state index >= 15 is 0 Å². The van der Waals surface area contributed by atoms with Gasteiger partial charge in [0.1, 0.15) is 0 Å². The van der Waals surface area contributed by atoms with Crippen LogP contribution in [0.15, 0.2) is 78.9 Å². The molecule has 8 nitrogen and oxygen atoms in total. The van der Waals surface area contributed by atoms with E-state index < -0.39 is 5.97 Å². The third-order valence-electron chi connectivity index (χ3n) is 4.56. The molecular formula is C24H18ClN5O3. The topological polar surface area (TPSA) is 120 Å². The van der Waals surface area contributed by atoms with Crippen LogP contribution in [-0.4, -0.2) is 26.7 Å². The number of hydrogen-bond acceptors (Lipinski definition) is 8. The van der Waals surface area contributed by atoms with Crippen molar-refractivity contribution in [2.24, 2.45) is 0 Å². The average molecular weight is 460 g/mol. The van der Waals surface area contributed by atoms with Crippen molar-refractivity contribution in [3.05, 3.63) is 106 Å². The van der Waals surface area contributed by atoms with Gasteiger partial charge >= 0.3 is 5.97 Å². The maximum atomic E-state index is 12.9. The molecule has 0 atom stereocenters. The Morgan fingerprint density at radius 1 is 0.848 bits per heavy atom. The number of halogens is 1. The summed E-state index contributed by atoms with van der Waals surface area (Å²) in [6, 6.07) is 22.1. The fourth-order valence-electron chi connectivity index (χ4n) is 3.03. The van der Waals surface area contributed by atoms with Crippen LogP contribution in [0.4, 0.5) is 17.6 Å². The van der Waals surface area contributed by atoms with E-state index in [1.807, 2.05) is 6.07 Å². The van der Waals surface area contributed by atoms with Crippen molar-refractivity contribution in [3.63, 3.8) is 0 Å². The van der Waals surface area contributed by atoms with Gasteiger partial charge in [0.05, 0.1) is 5.56 Å². The highest BCUT2D eigenvalue weighted by atomic mass is 35.5. The van der Waals surface area contributed by atoms with Crippen LogP contribution in [0.2, 0.25) is 5.02 Å². The molecule has 0 aliphatic rings. The molecule has 0 saturated heterocycles. The molecule has 0 aliphatic carbocycles. The number of benzene rings is 3. The zero-order valence-corrected chi connectivity index (χ0v) is 18.0. The summed E-state index contributed by atoms with van der Waals surface area (Å²) >= 11 is 5.89. The maximum Gasteiger partial charge on any atom is 0.339 e. The van der Waals surface area contributed by atoms with Gasteiger partial charge in [0.25, 0.3) is 0 Å². The molecule has 4 aromatic rings. The Morgan fingerprint density at radius 2 is 1.52 bits per heavy atom. The van der Waals surface area contributed by atoms with Gasteiger partial charge in [-0.3, -0.25) is 4.79 Å². The molecule has 164 valence electrons. The lowest BCUT2D eigenvalue weighted by molar-refractivity contribution is 0.0459. The van der Waals surface area contributed by atoms with Crippen LogP contribution in [0, 0.1) is 0 Å². The number of nitrogens with one attached hydrogen (secondary N) is 1. The Labute approximate surface area is 194 Å². The third-order valence-corrected chi connectivity index (χ3v) is 4.81. The summed E-state index contributed by atoms with van der Waals surface area (Å²) in [6.07, 6.45) is 0. The number of carbonyl (C=O) groups excluding carboxylic acids is 2. The minimum Gasteiger partial charge on any atom is -0.454 e. The lowest BCUT2D eigenvalue weighted by atomic mass is 9.98. The lowest BCUT2D eigenvalue weighted by Crippen LogP contribution is -2.14. The van der Waals surface area contributed by atoms with E-state index in [-0.39, 0.29) is 41.2 Å². The minimum atomic E-state index is -0.680. The summed E-state index contributed by atoms with van der Waals surface area (Å²) < 4.78 is 5.37. The fraction of sp³-hybridized carbons (Fsp3) is 0.0417. The number of carbonyl (C=O) groups is 2. The van der Waals surface area contributed by atoms with Gasteiger partial charge in [-0.1, -0.05) is 60.1 Å². The van der Waals surface area contributed by atoms with Gasteiger partial charge in [-0.15, -0.1) is 0 Å². The first-order valence-electron chi connectivity index (χ1n) is 9.88. The lowest BCUT2D eigenvalue weighted by Gasteiger charge is -2.10. The molecule has 0 radical (unpaired) electrons. The summed E-state index contributed by atoms with van der Waals surface area (Å²) in [4.78, 5) is 37.9. The van der Waals surface area contributed by atoms with Crippen molar-refractivity contribution in [2.75, 3.05) is 11.1 Å². The summed E-state index contributed by atoms with van der Waals surface area (Å²) in [5.41, 5.74) is 7.33. The SMILES string of the molecule is Nc1nc(COC(=O)c2ccccc2C(=O)c2ccccc2)nc(Nc2ccc(Cl)cc2)n1. The predicted octanol–water partition coefficient (Wildman–Crippen LogP) is 4.44. The number of nitrogens with zero attached hydrogens (tertiary/aromatic N) is 3. The summed E-state index contributed by atoms with van der Waals surface area (Å²) in [6.45, 7) is -0.255. The van der Waals surface area contributed by atoms with E-state index in [0.717, 1.165) is 0 Å². The first-order valence-corrected chi connectivity index (χ1v) is 10.3. The smallest absolute Gasteiger partial charge is 0.339 e. The number of rotatable bonds is 7. The van der Waals surface area contributed by atoms with Crippen LogP contribution in [0.3, 0.4) is 0 Å². The number of nitrogens with two attached hydrogens (primary N) is 1. The zero-order chi connectivity index (χ0) is 23.2. The Morgan fingerprint density at radius 3 is 2.24 bits per heavy atom. The molecule has 0 fully saturated rings. The van der Waals surface area contributed by atoms with Crippen molar-refractivity contribution < 1.29 is 14.3 Å². The van der Waals surface area contributed by atoms with E-state index in [1.54, 1.807) is 66.7 Å². The second kappa shape index (κ2) is 9.88. The molecule has 0 saturated carbocycles. The first-order chi connectivity index (χ1) is 16.0. The van der Waals surface area contributed by atoms with E-state index in [9.17, 15) is 9.59 Å².